The number of imide groups is 1. The lowest BCUT2D eigenvalue weighted by atomic mass is 10.2. The highest BCUT2D eigenvalue weighted by Crippen LogP contribution is 2.18. The molecule has 0 bridgehead atoms. The van der Waals surface area contributed by atoms with Gasteiger partial charge in [-0.2, -0.15) is 0 Å². The predicted molar refractivity (Wildman–Crippen MR) is 103 cm³/mol. The minimum Gasteiger partial charge on any atom is -0.494 e. The topological polar surface area (TPSA) is 70.7 Å². The van der Waals surface area contributed by atoms with Crippen LogP contribution in [0.25, 0.3) is 0 Å². The van der Waals surface area contributed by atoms with E-state index in [2.05, 4.69) is 10.6 Å². The normalized spacial score (nSPS) is 10.7. The summed E-state index contributed by atoms with van der Waals surface area (Å²) in [5.74, 6) is -0.668. The maximum atomic E-state index is 13.8. The summed E-state index contributed by atoms with van der Waals surface area (Å²) in [5, 5.41) is 6.96. The van der Waals surface area contributed by atoms with Gasteiger partial charge in [0.05, 0.1) is 13.7 Å². The fraction of sp³-hybridized carbons (Fsp3) is 0.368. The molecule has 0 unspecified atom stereocenters. The summed E-state index contributed by atoms with van der Waals surface area (Å²) < 4.78 is 18.7. The van der Waals surface area contributed by atoms with E-state index in [1.165, 1.54) is 18.1 Å². The van der Waals surface area contributed by atoms with E-state index in [9.17, 15) is 14.0 Å². The minimum atomic E-state index is -0.511. The summed E-state index contributed by atoms with van der Waals surface area (Å²) in [6, 6.07) is 8.13. The Morgan fingerprint density at radius 2 is 2.11 bits per heavy atom. The lowest BCUT2D eigenvalue weighted by Crippen LogP contribution is -2.44. The number of hydrogen-bond acceptors (Lipinski definition) is 5. The number of carbonyl (C=O) groups is 2. The van der Waals surface area contributed by atoms with Crippen molar-refractivity contribution in [3.05, 3.63) is 52.0 Å². The van der Waals surface area contributed by atoms with Crippen LogP contribution < -0.4 is 15.4 Å². The first-order valence-electron chi connectivity index (χ1n) is 8.66. The quantitative estimate of drug-likeness (QED) is 0.687. The molecule has 0 aliphatic heterocycles. The number of rotatable bonds is 9. The summed E-state index contributed by atoms with van der Waals surface area (Å²) >= 11 is 1.62. The van der Waals surface area contributed by atoms with Crippen molar-refractivity contribution in [2.75, 3.05) is 26.7 Å². The molecular weight excluding hydrogens is 369 g/mol. The van der Waals surface area contributed by atoms with Crippen LogP contribution >= 0.6 is 11.3 Å². The van der Waals surface area contributed by atoms with E-state index < -0.39 is 17.8 Å². The molecular formula is C19H24FN3O3S. The Balaban J connectivity index is 1.76. The number of nitrogens with one attached hydrogen (secondary N) is 2. The average Bonchev–Trinajstić information content (AvgIpc) is 3.14. The van der Waals surface area contributed by atoms with Crippen LogP contribution in [-0.4, -0.2) is 43.6 Å². The Labute approximate surface area is 162 Å². The maximum absolute atomic E-state index is 13.8. The van der Waals surface area contributed by atoms with Crippen LogP contribution in [0.1, 0.15) is 17.4 Å². The molecule has 0 spiro atoms. The molecule has 8 heteroatoms. The van der Waals surface area contributed by atoms with Gasteiger partial charge in [-0.25, -0.2) is 9.18 Å². The van der Waals surface area contributed by atoms with Crippen molar-refractivity contribution in [1.29, 1.82) is 0 Å². The molecule has 1 heterocycles. The molecule has 1 aromatic carbocycles. The first kappa shape index (κ1) is 20.9. The second kappa shape index (κ2) is 10.6. The van der Waals surface area contributed by atoms with Gasteiger partial charge in [-0.15, -0.1) is 11.3 Å². The highest BCUT2D eigenvalue weighted by molar-refractivity contribution is 7.09. The number of hydrogen-bond donors (Lipinski definition) is 2. The van der Waals surface area contributed by atoms with Gasteiger partial charge in [-0.1, -0.05) is 19.1 Å². The molecule has 27 heavy (non-hydrogen) atoms. The molecule has 2 aromatic rings. The number of nitrogens with zero attached hydrogens (tertiary/aromatic N) is 1. The molecule has 3 amide bonds. The molecule has 0 saturated heterocycles. The molecule has 0 radical (unpaired) electrons. The monoisotopic (exact) mass is 393 g/mol. The molecule has 0 atom stereocenters. The van der Waals surface area contributed by atoms with E-state index in [1.807, 2.05) is 29.3 Å². The van der Waals surface area contributed by atoms with E-state index in [1.54, 1.807) is 23.5 Å². The van der Waals surface area contributed by atoms with E-state index in [0.717, 1.165) is 12.0 Å². The highest BCUT2D eigenvalue weighted by atomic mass is 32.1. The number of benzene rings is 1. The van der Waals surface area contributed by atoms with Crippen LogP contribution in [0, 0.1) is 5.82 Å². The SMILES string of the molecule is CCN(CC(=O)NC(=O)NCCc1cccs1)Cc1ccc(OC)c(F)c1. The van der Waals surface area contributed by atoms with Crippen LogP contribution in [0.3, 0.4) is 0 Å². The molecule has 146 valence electrons. The van der Waals surface area contributed by atoms with Gasteiger partial charge < -0.3 is 10.1 Å². The second-order valence-corrected chi connectivity index (χ2v) is 6.94. The standard InChI is InChI=1S/C19H24FN3O3S/c1-3-23(12-14-6-7-17(26-2)16(20)11-14)13-18(24)22-19(25)21-9-8-15-5-4-10-27-15/h4-7,10-11H,3,8-9,12-13H2,1-2H3,(H2,21,22,24,25). The lowest BCUT2D eigenvalue weighted by molar-refractivity contribution is -0.121. The van der Waals surface area contributed by atoms with Gasteiger partial charge in [0.2, 0.25) is 5.91 Å². The van der Waals surface area contributed by atoms with Crippen LogP contribution in [0.2, 0.25) is 0 Å². The van der Waals surface area contributed by atoms with Gasteiger partial charge >= 0.3 is 6.03 Å². The minimum absolute atomic E-state index is 0.0441. The van der Waals surface area contributed by atoms with Crippen molar-refractivity contribution in [2.45, 2.75) is 19.9 Å². The van der Waals surface area contributed by atoms with Crippen LogP contribution in [0.4, 0.5) is 9.18 Å². The highest BCUT2D eigenvalue weighted by Gasteiger charge is 2.13. The van der Waals surface area contributed by atoms with Crippen molar-refractivity contribution in [1.82, 2.24) is 15.5 Å². The van der Waals surface area contributed by atoms with Crippen molar-refractivity contribution >= 4 is 23.3 Å². The number of halogens is 1. The van der Waals surface area contributed by atoms with Gasteiger partial charge in [0.25, 0.3) is 0 Å². The first-order chi connectivity index (χ1) is 13.0. The molecule has 0 aliphatic rings. The van der Waals surface area contributed by atoms with E-state index in [0.29, 0.717) is 19.6 Å². The van der Waals surface area contributed by atoms with Crippen LogP contribution in [0.5, 0.6) is 5.75 Å². The number of methoxy groups -OCH3 is 1. The number of likely N-dealkylation sites (N-methyl/N-ethyl adjacent to an activating group) is 1. The number of carbonyl (C=O) groups excluding carboxylic acids is 2. The molecule has 2 rings (SSSR count). The van der Waals surface area contributed by atoms with Gasteiger partial charge in [0.1, 0.15) is 0 Å². The smallest absolute Gasteiger partial charge is 0.321 e. The third-order valence-electron chi connectivity index (χ3n) is 3.93. The fourth-order valence-corrected chi connectivity index (χ4v) is 3.22. The summed E-state index contributed by atoms with van der Waals surface area (Å²) in [6.45, 7) is 3.38. The Kier molecular flexibility index (Phi) is 8.22. The number of urea groups is 1. The Morgan fingerprint density at radius 3 is 2.74 bits per heavy atom. The van der Waals surface area contributed by atoms with Crippen molar-refractivity contribution < 1.29 is 18.7 Å². The number of amides is 3. The largest absolute Gasteiger partial charge is 0.494 e. The van der Waals surface area contributed by atoms with Crippen molar-refractivity contribution in [2.24, 2.45) is 0 Å². The number of thiophene rings is 1. The van der Waals surface area contributed by atoms with Crippen molar-refractivity contribution in [3.8, 4) is 5.75 Å². The van der Waals surface area contributed by atoms with Gasteiger partial charge in [-0.05, 0) is 42.1 Å². The molecule has 1 aromatic heterocycles. The Hall–Kier alpha value is -2.45. The fourth-order valence-electron chi connectivity index (χ4n) is 2.51. The third kappa shape index (κ3) is 6.99. The van der Waals surface area contributed by atoms with Crippen LogP contribution in [-0.2, 0) is 17.8 Å². The van der Waals surface area contributed by atoms with E-state index >= 15 is 0 Å². The van der Waals surface area contributed by atoms with Gasteiger partial charge in [-0.3, -0.25) is 15.0 Å². The van der Waals surface area contributed by atoms with Gasteiger partial charge in [0, 0.05) is 18.0 Å². The Bertz CT molecular complexity index is 753. The van der Waals surface area contributed by atoms with Crippen molar-refractivity contribution in [3.63, 3.8) is 0 Å². The lowest BCUT2D eigenvalue weighted by Gasteiger charge is -2.20. The average molecular weight is 393 g/mol. The second-order valence-electron chi connectivity index (χ2n) is 5.91. The van der Waals surface area contributed by atoms with E-state index in [4.69, 9.17) is 4.74 Å². The molecule has 2 N–H and O–H groups in total. The van der Waals surface area contributed by atoms with E-state index in [-0.39, 0.29) is 12.3 Å². The molecule has 6 nitrogen and oxygen atoms in total. The zero-order valence-electron chi connectivity index (χ0n) is 15.5. The third-order valence-corrected chi connectivity index (χ3v) is 4.86. The van der Waals surface area contributed by atoms with Crippen LogP contribution in [0.15, 0.2) is 35.7 Å². The Morgan fingerprint density at radius 1 is 1.30 bits per heavy atom. The molecule has 0 aliphatic carbocycles. The maximum Gasteiger partial charge on any atom is 0.321 e. The van der Waals surface area contributed by atoms with Gasteiger partial charge in [0.15, 0.2) is 11.6 Å². The summed E-state index contributed by atoms with van der Waals surface area (Å²) in [4.78, 5) is 26.9. The number of ether oxygens (including phenoxy) is 1. The zero-order valence-corrected chi connectivity index (χ0v) is 16.3. The summed E-state index contributed by atoms with van der Waals surface area (Å²) in [6.07, 6.45) is 0.726. The molecule has 0 saturated carbocycles. The zero-order chi connectivity index (χ0) is 19.6. The summed E-state index contributed by atoms with van der Waals surface area (Å²) in [7, 11) is 1.41. The molecule has 0 fully saturated rings. The predicted octanol–water partition coefficient (Wildman–Crippen LogP) is 2.79. The first-order valence-corrected chi connectivity index (χ1v) is 9.54. The summed E-state index contributed by atoms with van der Waals surface area (Å²) in [5.41, 5.74) is 0.725.